The number of ketones is 1. The molecule has 4 nitrogen and oxygen atoms in total. The van der Waals surface area contributed by atoms with Crippen molar-refractivity contribution < 1.29 is 35.9 Å². The van der Waals surface area contributed by atoms with E-state index < -0.39 is 49.2 Å². The minimum atomic E-state index is -4.01. The Balaban J connectivity index is 1.79. The molecule has 0 aromatic heterocycles. The summed E-state index contributed by atoms with van der Waals surface area (Å²) in [7, 11) is -4.01. The lowest BCUT2D eigenvalue weighted by Gasteiger charge is -2.16. The molecule has 3 rings (SSSR count). The molecule has 1 aliphatic carbocycles. The normalized spacial score (nSPS) is 15.9. The van der Waals surface area contributed by atoms with E-state index in [4.69, 9.17) is 5.11 Å². The summed E-state index contributed by atoms with van der Waals surface area (Å²) in [6, 6.07) is 4.86. The number of sulfone groups is 1. The van der Waals surface area contributed by atoms with Crippen LogP contribution in [0.3, 0.4) is 0 Å². The number of aliphatic hydroxyl groups is 1. The number of benzene rings is 2. The largest absolute Gasteiger partial charge is 0.396 e. The highest BCUT2D eigenvalue weighted by molar-refractivity contribution is 7.91. The van der Waals surface area contributed by atoms with E-state index in [-0.39, 0.29) is 35.8 Å². The number of Topliss-reactive ketones (excluding diaryl/α,β-unsaturated/α-hetero) is 1. The van der Waals surface area contributed by atoms with Crippen molar-refractivity contribution >= 4 is 15.6 Å². The Morgan fingerprint density at radius 1 is 1.03 bits per heavy atom. The molecular weight excluding hydrogens is 460 g/mol. The molecule has 1 atom stereocenters. The van der Waals surface area contributed by atoms with Crippen LogP contribution in [0.2, 0.25) is 0 Å². The molecule has 0 bridgehead atoms. The first-order valence-corrected chi connectivity index (χ1v) is 12.5. The van der Waals surface area contributed by atoms with Gasteiger partial charge in [0.05, 0.1) is 5.75 Å². The summed E-state index contributed by atoms with van der Waals surface area (Å²) in [6.45, 7) is 1.73. The molecular formula is C24H26F4O4S. The van der Waals surface area contributed by atoms with E-state index >= 15 is 0 Å². The number of rotatable bonds is 11. The minimum absolute atomic E-state index is 0.0109. The molecule has 2 aromatic carbocycles. The third kappa shape index (κ3) is 5.81. The molecule has 1 saturated carbocycles. The standard InChI is InChI=1S/C24H26F4O4S/c1-15(4-2-3-9-29)14-33(31,32)22-10-16(5-6-18(22)25)21(30)13-24(7-8-24)17-11-19(26)23(28)20(27)12-17/h5-6,10-12,15,29H,2-4,7-9,13-14H2,1H3. The highest BCUT2D eigenvalue weighted by atomic mass is 32.2. The molecule has 9 heteroatoms. The first-order chi connectivity index (χ1) is 15.5. The summed E-state index contributed by atoms with van der Waals surface area (Å²) in [5.74, 6) is -6.29. The van der Waals surface area contributed by atoms with Gasteiger partial charge in [0.1, 0.15) is 10.7 Å². The lowest BCUT2D eigenvalue weighted by molar-refractivity contribution is 0.0969. The Hall–Kier alpha value is -2.26. The molecule has 1 N–H and O–H groups in total. The summed E-state index contributed by atoms with van der Waals surface area (Å²) >= 11 is 0. The number of hydrogen-bond donors (Lipinski definition) is 1. The predicted molar refractivity (Wildman–Crippen MR) is 115 cm³/mol. The number of hydrogen-bond acceptors (Lipinski definition) is 4. The maximum atomic E-state index is 14.4. The zero-order valence-electron chi connectivity index (χ0n) is 18.2. The summed E-state index contributed by atoms with van der Waals surface area (Å²) in [5, 5.41) is 8.85. The van der Waals surface area contributed by atoms with E-state index in [0.29, 0.717) is 32.1 Å². The fourth-order valence-corrected chi connectivity index (χ4v) is 5.82. The van der Waals surface area contributed by atoms with E-state index in [1.807, 2.05) is 0 Å². The quantitative estimate of drug-likeness (QED) is 0.207. The summed E-state index contributed by atoms with van der Waals surface area (Å²) in [6.07, 6.45) is 2.49. The first-order valence-electron chi connectivity index (χ1n) is 10.8. The highest BCUT2D eigenvalue weighted by Crippen LogP contribution is 2.52. The number of unbranched alkanes of at least 4 members (excludes halogenated alkanes) is 1. The second kappa shape index (κ2) is 9.93. The van der Waals surface area contributed by atoms with Crippen LogP contribution in [0.25, 0.3) is 0 Å². The average Bonchev–Trinajstić information content (AvgIpc) is 3.52. The smallest absolute Gasteiger partial charge is 0.194 e. The monoisotopic (exact) mass is 486 g/mol. The highest BCUT2D eigenvalue weighted by Gasteiger charge is 2.46. The van der Waals surface area contributed by atoms with Gasteiger partial charge < -0.3 is 5.11 Å². The molecule has 33 heavy (non-hydrogen) atoms. The van der Waals surface area contributed by atoms with Crippen molar-refractivity contribution in [2.24, 2.45) is 5.92 Å². The van der Waals surface area contributed by atoms with Crippen molar-refractivity contribution in [3.05, 3.63) is 64.7 Å². The van der Waals surface area contributed by atoms with Crippen LogP contribution in [0.5, 0.6) is 0 Å². The predicted octanol–water partition coefficient (Wildman–Crippen LogP) is 5.12. The molecule has 1 fully saturated rings. The average molecular weight is 487 g/mol. The van der Waals surface area contributed by atoms with Gasteiger partial charge >= 0.3 is 0 Å². The van der Waals surface area contributed by atoms with Gasteiger partial charge in [-0.15, -0.1) is 0 Å². The molecule has 1 unspecified atom stereocenters. The van der Waals surface area contributed by atoms with Crippen molar-refractivity contribution in [1.29, 1.82) is 0 Å². The van der Waals surface area contributed by atoms with Gasteiger partial charge in [-0.1, -0.05) is 13.3 Å². The third-order valence-electron chi connectivity index (χ3n) is 6.15. The Bertz CT molecular complexity index is 1120. The van der Waals surface area contributed by atoms with Crippen LogP contribution in [-0.4, -0.2) is 31.7 Å². The fourth-order valence-electron chi connectivity index (χ4n) is 4.06. The lowest BCUT2D eigenvalue weighted by atomic mass is 9.88. The van der Waals surface area contributed by atoms with Crippen molar-refractivity contribution in [1.82, 2.24) is 0 Å². The van der Waals surface area contributed by atoms with Crippen LogP contribution in [0.15, 0.2) is 35.2 Å². The summed E-state index contributed by atoms with van der Waals surface area (Å²) in [5.41, 5.74) is -0.711. The minimum Gasteiger partial charge on any atom is -0.396 e. The maximum absolute atomic E-state index is 14.4. The van der Waals surface area contributed by atoms with Gasteiger partial charge in [0, 0.05) is 24.0 Å². The van der Waals surface area contributed by atoms with Crippen LogP contribution in [0.4, 0.5) is 17.6 Å². The van der Waals surface area contributed by atoms with E-state index in [1.54, 1.807) is 6.92 Å². The molecule has 0 radical (unpaired) electrons. The van der Waals surface area contributed by atoms with Crippen LogP contribution in [-0.2, 0) is 15.3 Å². The topological polar surface area (TPSA) is 71.4 Å². The van der Waals surface area contributed by atoms with Crippen molar-refractivity contribution in [2.45, 2.75) is 55.8 Å². The Kier molecular flexibility index (Phi) is 7.63. The van der Waals surface area contributed by atoms with Gasteiger partial charge in [-0.3, -0.25) is 4.79 Å². The van der Waals surface area contributed by atoms with Crippen LogP contribution in [0, 0.1) is 29.2 Å². The van der Waals surface area contributed by atoms with Gasteiger partial charge in [-0.05, 0) is 67.5 Å². The molecule has 2 aromatic rings. The van der Waals surface area contributed by atoms with E-state index in [9.17, 15) is 30.8 Å². The van der Waals surface area contributed by atoms with Crippen LogP contribution < -0.4 is 0 Å². The van der Waals surface area contributed by atoms with E-state index in [1.165, 1.54) is 6.07 Å². The second-order valence-corrected chi connectivity index (χ2v) is 10.9. The SMILES string of the molecule is CC(CCCCO)CS(=O)(=O)c1cc(C(=O)CC2(c3cc(F)c(F)c(F)c3)CC2)ccc1F. The lowest BCUT2D eigenvalue weighted by Crippen LogP contribution is -2.18. The van der Waals surface area contributed by atoms with E-state index in [2.05, 4.69) is 0 Å². The molecule has 0 amide bonds. The van der Waals surface area contributed by atoms with Gasteiger partial charge in [-0.25, -0.2) is 26.0 Å². The van der Waals surface area contributed by atoms with Gasteiger partial charge in [0.2, 0.25) is 0 Å². The zero-order valence-corrected chi connectivity index (χ0v) is 19.0. The van der Waals surface area contributed by atoms with Gasteiger partial charge in [-0.2, -0.15) is 0 Å². The third-order valence-corrected chi connectivity index (χ3v) is 8.14. The number of aliphatic hydroxyl groups excluding tert-OH is 1. The molecule has 0 spiro atoms. The fraction of sp³-hybridized carbons (Fsp3) is 0.458. The number of halogens is 4. The molecule has 180 valence electrons. The summed E-state index contributed by atoms with van der Waals surface area (Å²) in [4.78, 5) is 12.3. The second-order valence-electron chi connectivity index (χ2n) is 8.89. The van der Waals surface area contributed by atoms with Crippen molar-refractivity contribution in [3.63, 3.8) is 0 Å². The Labute approximate surface area is 190 Å². The Morgan fingerprint density at radius 3 is 2.24 bits per heavy atom. The summed E-state index contributed by atoms with van der Waals surface area (Å²) < 4.78 is 80.6. The van der Waals surface area contributed by atoms with Crippen molar-refractivity contribution in [2.75, 3.05) is 12.4 Å². The van der Waals surface area contributed by atoms with Crippen molar-refractivity contribution in [3.8, 4) is 0 Å². The Morgan fingerprint density at radius 2 is 1.67 bits per heavy atom. The molecule has 0 saturated heterocycles. The molecule has 0 heterocycles. The first kappa shape index (κ1) is 25.4. The van der Waals surface area contributed by atoms with Gasteiger partial charge in [0.25, 0.3) is 0 Å². The van der Waals surface area contributed by atoms with Crippen LogP contribution >= 0.6 is 0 Å². The zero-order chi connectivity index (χ0) is 24.4. The molecule has 1 aliphatic rings. The van der Waals surface area contributed by atoms with E-state index in [0.717, 1.165) is 24.3 Å². The van der Waals surface area contributed by atoms with Crippen LogP contribution in [0.1, 0.15) is 61.4 Å². The number of carbonyl (C=O) groups is 1. The maximum Gasteiger partial charge on any atom is 0.194 e. The molecule has 0 aliphatic heterocycles. The van der Waals surface area contributed by atoms with Gasteiger partial charge in [0.15, 0.2) is 33.1 Å². The number of carbonyl (C=O) groups excluding carboxylic acids is 1.